The molecule has 0 aliphatic carbocycles. The van der Waals surface area contributed by atoms with Crippen LogP contribution in [0.15, 0.2) is 53.4 Å². The van der Waals surface area contributed by atoms with Crippen molar-refractivity contribution in [2.24, 2.45) is 0 Å². The third-order valence-corrected chi connectivity index (χ3v) is 5.44. The average Bonchev–Trinajstić information content (AvgIpc) is 2.42. The molecule has 0 heterocycles. The molecule has 2 aromatic rings. The molecule has 0 saturated carbocycles. The van der Waals surface area contributed by atoms with Gasteiger partial charge in [-0.3, -0.25) is 0 Å². The first-order valence-electron chi connectivity index (χ1n) is 6.43. The standard InChI is InChI=1S/C16H18O3S/c1-12-3-7-14(8-4-12)16(11-17)20(18,19)15-9-5-13(2)6-10-15/h3-10,16-17H,11H2,1-2H3/t16-/m1/s1. The molecule has 0 unspecified atom stereocenters. The fourth-order valence-corrected chi connectivity index (χ4v) is 3.61. The molecule has 0 bridgehead atoms. The van der Waals surface area contributed by atoms with E-state index in [4.69, 9.17) is 0 Å². The van der Waals surface area contributed by atoms with Gasteiger partial charge in [0.1, 0.15) is 5.25 Å². The molecule has 0 amide bonds. The third-order valence-electron chi connectivity index (χ3n) is 3.34. The summed E-state index contributed by atoms with van der Waals surface area (Å²) in [6.07, 6.45) is 0. The van der Waals surface area contributed by atoms with Gasteiger partial charge in [-0.1, -0.05) is 47.5 Å². The zero-order valence-corrected chi connectivity index (χ0v) is 12.4. The highest BCUT2D eigenvalue weighted by molar-refractivity contribution is 7.91. The zero-order chi connectivity index (χ0) is 14.8. The monoisotopic (exact) mass is 290 g/mol. The molecule has 2 rings (SSSR count). The summed E-state index contributed by atoms with van der Waals surface area (Å²) in [4.78, 5) is 0.239. The summed E-state index contributed by atoms with van der Waals surface area (Å²) in [5.41, 5.74) is 2.66. The van der Waals surface area contributed by atoms with E-state index >= 15 is 0 Å². The van der Waals surface area contributed by atoms with Crippen molar-refractivity contribution in [2.75, 3.05) is 6.61 Å². The van der Waals surface area contributed by atoms with Crippen LogP contribution in [0.25, 0.3) is 0 Å². The molecule has 3 nitrogen and oxygen atoms in total. The Bertz CT molecular complexity index is 671. The van der Waals surface area contributed by atoms with Crippen molar-refractivity contribution in [1.29, 1.82) is 0 Å². The van der Waals surface area contributed by atoms with Crippen molar-refractivity contribution in [3.8, 4) is 0 Å². The quantitative estimate of drug-likeness (QED) is 0.942. The fraction of sp³-hybridized carbons (Fsp3) is 0.250. The van der Waals surface area contributed by atoms with Crippen molar-refractivity contribution < 1.29 is 13.5 Å². The number of benzene rings is 2. The lowest BCUT2D eigenvalue weighted by molar-refractivity contribution is 0.291. The third kappa shape index (κ3) is 2.92. The van der Waals surface area contributed by atoms with E-state index in [1.54, 1.807) is 36.4 Å². The number of hydrogen-bond acceptors (Lipinski definition) is 3. The number of rotatable bonds is 4. The zero-order valence-electron chi connectivity index (χ0n) is 11.6. The maximum absolute atomic E-state index is 12.6. The van der Waals surface area contributed by atoms with Crippen molar-refractivity contribution in [1.82, 2.24) is 0 Å². The van der Waals surface area contributed by atoms with E-state index in [0.29, 0.717) is 5.56 Å². The lowest BCUT2D eigenvalue weighted by Crippen LogP contribution is -2.17. The van der Waals surface area contributed by atoms with Crippen molar-refractivity contribution in [2.45, 2.75) is 24.0 Å². The van der Waals surface area contributed by atoms with Crippen LogP contribution >= 0.6 is 0 Å². The second-order valence-electron chi connectivity index (χ2n) is 4.94. The second-order valence-corrected chi connectivity index (χ2v) is 7.07. The minimum atomic E-state index is -3.58. The molecule has 0 aliphatic heterocycles. The Morgan fingerprint density at radius 3 is 1.80 bits per heavy atom. The highest BCUT2D eigenvalue weighted by Gasteiger charge is 2.28. The number of aliphatic hydroxyl groups is 1. The van der Waals surface area contributed by atoms with Gasteiger partial charge in [-0.15, -0.1) is 0 Å². The van der Waals surface area contributed by atoms with Gasteiger partial charge in [-0.05, 0) is 31.5 Å². The van der Waals surface area contributed by atoms with Crippen LogP contribution in [0.2, 0.25) is 0 Å². The van der Waals surface area contributed by atoms with Gasteiger partial charge in [-0.25, -0.2) is 8.42 Å². The van der Waals surface area contributed by atoms with E-state index in [0.717, 1.165) is 11.1 Å². The van der Waals surface area contributed by atoms with Crippen molar-refractivity contribution in [3.05, 3.63) is 65.2 Å². The Labute approximate surface area is 119 Å². The molecule has 0 saturated heterocycles. The van der Waals surface area contributed by atoms with E-state index in [1.807, 2.05) is 26.0 Å². The minimum absolute atomic E-state index is 0.239. The van der Waals surface area contributed by atoms with E-state index in [2.05, 4.69) is 0 Å². The Hall–Kier alpha value is -1.65. The molecule has 2 aromatic carbocycles. The Morgan fingerprint density at radius 1 is 0.900 bits per heavy atom. The van der Waals surface area contributed by atoms with Crippen LogP contribution < -0.4 is 0 Å². The molecule has 0 radical (unpaired) electrons. The van der Waals surface area contributed by atoms with E-state index < -0.39 is 21.7 Å². The van der Waals surface area contributed by atoms with E-state index in [-0.39, 0.29) is 4.90 Å². The number of sulfone groups is 1. The fourth-order valence-electron chi connectivity index (χ4n) is 2.06. The van der Waals surface area contributed by atoms with Gasteiger partial charge in [0.05, 0.1) is 11.5 Å². The molecule has 1 atom stereocenters. The Morgan fingerprint density at radius 2 is 1.35 bits per heavy atom. The molecule has 106 valence electrons. The first-order valence-corrected chi connectivity index (χ1v) is 7.98. The lowest BCUT2D eigenvalue weighted by Gasteiger charge is -2.16. The van der Waals surface area contributed by atoms with Gasteiger partial charge in [0.15, 0.2) is 9.84 Å². The smallest absolute Gasteiger partial charge is 0.187 e. The molecule has 0 aliphatic rings. The topological polar surface area (TPSA) is 54.4 Å². The van der Waals surface area contributed by atoms with Crippen molar-refractivity contribution >= 4 is 9.84 Å². The average molecular weight is 290 g/mol. The van der Waals surface area contributed by atoms with Crippen molar-refractivity contribution in [3.63, 3.8) is 0 Å². The van der Waals surface area contributed by atoms with Crippen LogP contribution in [-0.4, -0.2) is 20.1 Å². The Kier molecular flexibility index (Phi) is 4.26. The molecular weight excluding hydrogens is 272 g/mol. The summed E-state index contributed by atoms with van der Waals surface area (Å²) >= 11 is 0. The normalized spacial score (nSPS) is 13.2. The molecule has 4 heteroatoms. The van der Waals surface area contributed by atoms with Gasteiger partial charge >= 0.3 is 0 Å². The van der Waals surface area contributed by atoms with Crippen LogP contribution in [0.4, 0.5) is 0 Å². The van der Waals surface area contributed by atoms with Crippen LogP contribution in [0.5, 0.6) is 0 Å². The molecular formula is C16H18O3S. The maximum Gasteiger partial charge on any atom is 0.187 e. The van der Waals surface area contributed by atoms with Gasteiger partial charge in [0.25, 0.3) is 0 Å². The molecule has 0 spiro atoms. The summed E-state index contributed by atoms with van der Waals surface area (Å²) < 4.78 is 25.2. The largest absolute Gasteiger partial charge is 0.395 e. The van der Waals surface area contributed by atoms with Crippen LogP contribution in [0.3, 0.4) is 0 Å². The second kappa shape index (κ2) is 5.77. The molecule has 0 fully saturated rings. The first kappa shape index (κ1) is 14.8. The van der Waals surface area contributed by atoms with E-state index in [9.17, 15) is 13.5 Å². The maximum atomic E-state index is 12.6. The molecule has 20 heavy (non-hydrogen) atoms. The summed E-state index contributed by atoms with van der Waals surface area (Å²) in [5, 5.41) is 8.60. The lowest BCUT2D eigenvalue weighted by atomic mass is 10.1. The summed E-state index contributed by atoms with van der Waals surface area (Å²) in [5.74, 6) is 0. The van der Waals surface area contributed by atoms with Gasteiger partial charge < -0.3 is 5.11 Å². The summed E-state index contributed by atoms with van der Waals surface area (Å²) in [6, 6.07) is 13.9. The van der Waals surface area contributed by atoms with Gasteiger partial charge in [-0.2, -0.15) is 0 Å². The summed E-state index contributed by atoms with van der Waals surface area (Å²) in [7, 11) is -3.58. The predicted molar refractivity (Wildman–Crippen MR) is 79.4 cm³/mol. The first-order chi connectivity index (χ1) is 9.45. The Balaban J connectivity index is 2.44. The molecule has 1 N–H and O–H groups in total. The molecule has 0 aromatic heterocycles. The summed E-state index contributed by atoms with van der Waals surface area (Å²) in [6.45, 7) is 3.41. The van der Waals surface area contributed by atoms with Gasteiger partial charge in [0.2, 0.25) is 0 Å². The van der Waals surface area contributed by atoms with Crippen LogP contribution in [-0.2, 0) is 9.84 Å². The highest BCUT2D eigenvalue weighted by atomic mass is 32.2. The highest BCUT2D eigenvalue weighted by Crippen LogP contribution is 2.28. The van der Waals surface area contributed by atoms with Gasteiger partial charge in [0, 0.05) is 0 Å². The van der Waals surface area contributed by atoms with Crippen LogP contribution in [0, 0.1) is 13.8 Å². The van der Waals surface area contributed by atoms with Crippen LogP contribution in [0.1, 0.15) is 21.9 Å². The number of aliphatic hydroxyl groups excluding tert-OH is 1. The van der Waals surface area contributed by atoms with E-state index in [1.165, 1.54) is 0 Å². The number of aryl methyl sites for hydroxylation is 2. The minimum Gasteiger partial charge on any atom is -0.395 e. The SMILES string of the molecule is Cc1ccc([C@@H](CO)S(=O)(=O)c2ccc(C)cc2)cc1. The predicted octanol–water partition coefficient (Wildman–Crippen LogP) is 2.81. The number of hydrogen-bond donors (Lipinski definition) is 1.